The van der Waals surface area contributed by atoms with Crippen molar-refractivity contribution < 1.29 is 19.4 Å². The highest BCUT2D eigenvalue weighted by Gasteiger charge is 2.31. The number of cyclic esters (lactones) is 1. The van der Waals surface area contributed by atoms with Crippen LogP contribution in [0.15, 0.2) is 11.3 Å². The molecule has 22 heavy (non-hydrogen) atoms. The van der Waals surface area contributed by atoms with Gasteiger partial charge >= 0.3 is 5.97 Å². The van der Waals surface area contributed by atoms with Crippen LogP contribution in [0.25, 0.3) is 0 Å². The Labute approximate surface area is 133 Å². The number of allylic oxidation sites excluding steroid dienone is 1. The fraction of sp³-hybridized carbons (Fsp3) is 0.778. The van der Waals surface area contributed by atoms with Gasteiger partial charge in [0.15, 0.2) is 6.61 Å². The molecule has 0 aromatic rings. The van der Waals surface area contributed by atoms with E-state index in [4.69, 9.17) is 0 Å². The van der Waals surface area contributed by atoms with E-state index in [0.717, 1.165) is 19.3 Å². The molecule has 0 saturated carbocycles. The summed E-state index contributed by atoms with van der Waals surface area (Å²) in [7, 11) is 0. The SMILES string of the molecule is CCCCCCCCCCCCC/C(O)=C1\C(=O)COC1=O. The molecule has 0 spiro atoms. The van der Waals surface area contributed by atoms with E-state index in [1.807, 2.05) is 0 Å². The summed E-state index contributed by atoms with van der Waals surface area (Å²) in [5, 5.41) is 9.79. The molecule has 0 atom stereocenters. The molecule has 0 bridgehead atoms. The number of ether oxygens (including phenoxy) is 1. The second-order valence-corrected chi connectivity index (χ2v) is 6.11. The third kappa shape index (κ3) is 7.10. The molecule has 1 aliphatic rings. The molecule has 0 aromatic carbocycles. The topological polar surface area (TPSA) is 63.6 Å². The van der Waals surface area contributed by atoms with Gasteiger partial charge in [-0.1, -0.05) is 71.1 Å². The van der Waals surface area contributed by atoms with Crippen molar-refractivity contribution in [2.45, 2.75) is 84.0 Å². The highest BCUT2D eigenvalue weighted by molar-refractivity contribution is 6.22. The lowest BCUT2D eigenvalue weighted by atomic mass is 10.0. The van der Waals surface area contributed by atoms with Crippen molar-refractivity contribution in [3.05, 3.63) is 11.3 Å². The van der Waals surface area contributed by atoms with Crippen molar-refractivity contribution in [3.63, 3.8) is 0 Å². The number of aliphatic hydroxyl groups is 1. The van der Waals surface area contributed by atoms with Crippen LogP contribution >= 0.6 is 0 Å². The number of unbranched alkanes of at least 4 members (excludes halogenated alkanes) is 10. The number of hydrogen-bond donors (Lipinski definition) is 1. The molecule has 0 radical (unpaired) electrons. The molecule has 0 amide bonds. The van der Waals surface area contributed by atoms with E-state index >= 15 is 0 Å². The summed E-state index contributed by atoms with van der Waals surface area (Å²) in [6.07, 6.45) is 13.9. The first-order valence-electron chi connectivity index (χ1n) is 8.79. The molecular formula is C18H30O4. The first-order chi connectivity index (χ1) is 10.7. The summed E-state index contributed by atoms with van der Waals surface area (Å²) in [6.45, 7) is 2.01. The second-order valence-electron chi connectivity index (χ2n) is 6.11. The molecule has 1 N–H and O–H groups in total. The number of esters is 1. The number of carbonyl (C=O) groups is 2. The van der Waals surface area contributed by atoms with Crippen LogP contribution in [0.2, 0.25) is 0 Å². The van der Waals surface area contributed by atoms with Crippen LogP contribution in [0.5, 0.6) is 0 Å². The zero-order chi connectivity index (χ0) is 16.2. The van der Waals surface area contributed by atoms with Crippen molar-refractivity contribution in [2.75, 3.05) is 6.61 Å². The van der Waals surface area contributed by atoms with Gasteiger partial charge in [-0.15, -0.1) is 0 Å². The van der Waals surface area contributed by atoms with Crippen molar-refractivity contribution in [1.82, 2.24) is 0 Å². The van der Waals surface area contributed by atoms with E-state index in [1.165, 1.54) is 51.4 Å². The lowest BCUT2D eigenvalue weighted by Crippen LogP contribution is -2.05. The normalized spacial score (nSPS) is 17.0. The van der Waals surface area contributed by atoms with Crippen LogP contribution in [-0.4, -0.2) is 23.5 Å². The summed E-state index contributed by atoms with van der Waals surface area (Å²) < 4.78 is 4.60. The average molecular weight is 310 g/mol. The number of ketones is 1. The Morgan fingerprint density at radius 3 is 1.86 bits per heavy atom. The van der Waals surface area contributed by atoms with E-state index in [2.05, 4.69) is 11.7 Å². The smallest absolute Gasteiger partial charge is 0.345 e. The predicted molar refractivity (Wildman–Crippen MR) is 86.7 cm³/mol. The summed E-state index contributed by atoms with van der Waals surface area (Å²) in [5.74, 6) is -1.17. The molecule has 0 aliphatic carbocycles. The van der Waals surface area contributed by atoms with Gasteiger partial charge < -0.3 is 9.84 Å². The monoisotopic (exact) mass is 310 g/mol. The second kappa shape index (κ2) is 11.3. The number of Topliss-reactive ketones (excluding diaryl/α,β-unsaturated/α-hetero) is 1. The van der Waals surface area contributed by atoms with Crippen LogP contribution in [0.4, 0.5) is 0 Å². The van der Waals surface area contributed by atoms with Crippen LogP contribution in [0, 0.1) is 0 Å². The number of aliphatic hydroxyl groups excluding tert-OH is 1. The molecule has 0 aromatic heterocycles. The van der Waals surface area contributed by atoms with Gasteiger partial charge in [0.1, 0.15) is 11.3 Å². The Balaban J connectivity index is 1.98. The third-order valence-electron chi connectivity index (χ3n) is 4.12. The van der Waals surface area contributed by atoms with Gasteiger partial charge in [0.2, 0.25) is 5.78 Å². The first-order valence-corrected chi connectivity index (χ1v) is 8.79. The molecule has 4 nitrogen and oxygen atoms in total. The van der Waals surface area contributed by atoms with Gasteiger partial charge in [-0.2, -0.15) is 0 Å². The fourth-order valence-electron chi connectivity index (χ4n) is 2.75. The third-order valence-corrected chi connectivity index (χ3v) is 4.12. The molecule has 4 heteroatoms. The Morgan fingerprint density at radius 1 is 0.909 bits per heavy atom. The van der Waals surface area contributed by atoms with Gasteiger partial charge in [-0.25, -0.2) is 4.79 Å². The minimum atomic E-state index is -0.675. The number of hydrogen-bond acceptors (Lipinski definition) is 4. The quantitative estimate of drug-likeness (QED) is 0.188. The Bertz CT molecular complexity index is 367. The largest absolute Gasteiger partial charge is 0.511 e. The Kier molecular flexibility index (Phi) is 9.60. The van der Waals surface area contributed by atoms with Gasteiger partial charge in [-0.05, 0) is 6.42 Å². The summed E-state index contributed by atoms with van der Waals surface area (Å²) in [5.41, 5.74) is -0.132. The first kappa shape index (κ1) is 18.7. The van der Waals surface area contributed by atoms with Crippen LogP contribution in [-0.2, 0) is 14.3 Å². The molecule has 0 unspecified atom stereocenters. The number of carbonyl (C=O) groups excluding carboxylic acids is 2. The van der Waals surface area contributed by atoms with Gasteiger partial charge in [0.25, 0.3) is 0 Å². The van der Waals surface area contributed by atoms with Crippen molar-refractivity contribution in [1.29, 1.82) is 0 Å². The van der Waals surface area contributed by atoms with Gasteiger partial charge in [-0.3, -0.25) is 4.79 Å². The van der Waals surface area contributed by atoms with Crippen molar-refractivity contribution in [2.24, 2.45) is 0 Å². The summed E-state index contributed by atoms with van der Waals surface area (Å²) >= 11 is 0. The average Bonchev–Trinajstić information content (AvgIpc) is 2.83. The van der Waals surface area contributed by atoms with E-state index in [1.54, 1.807) is 0 Å². The highest BCUT2D eigenvalue weighted by Crippen LogP contribution is 2.18. The maximum absolute atomic E-state index is 11.4. The number of rotatable bonds is 12. The van der Waals surface area contributed by atoms with Crippen molar-refractivity contribution in [3.8, 4) is 0 Å². The van der Waals surface area contributed by atoms with Gasteiger partial charge in [0, 0.05) is 6.42 Å². The van der Waals surface area contributed by atoms with Crippen LogP contribution in [0.1, 0.15) is 84.0 Å². The summed E-state index contributed by atoms with van der Waals surface area (Å²) in [4.78, 5) is 22.6. The molecule has 126 valence electrons. The van der Waals surface area contributed by atoms with Gasteiger partial charge in [0.05, 0.1) is 0 Å². The van der Waals surface area contributed by atoms with E-state index in [9.17, 15) is 14.7 Å². The van der Waals surface area contributed by atoms with E-state index < -0.39 is 11.8 Å². The standard InChI is InChI=1S/C18H30O4/c1-2-3-4-5-6-7-8-9-10-11-12-13-15(19)17-16(20)14-22-18(17)21/h19H,2-14H2,1H3/b17-15-. The van der Waals surface area contributed by atoms with E-state index in [0.29, 0.717) is 6.42 Å². The lowest BCUT2D eigenvalue weighted by molar-refractivity contribution is -0.135. The molecule has 1 heterocycles. The minimum absolute atomic E-state index is 0.0941. The molecule has 1 rings (SSSR count). The lowest BCUT2D eigenvalue weighted by Gasteiger charge is -2.03. The predicted octanol–water partition coefficient (Wildman–Crippen LogP) is 4.63. The highest BCUT2D eigenvalue weighted by atomic mass is 16.5. The van der Waals surface area contributed by atoms with Crippen LogP contribution < -0.4 is 0 Å². The molecule has 1 saturated heterocycles. The van der Waals surface area contributed by atoms with E-state index in [-0.39, 0.29) is 17.9 Å². The minimum Gasteiger partial charge on any atom is -0.511 e. The summed E-state index contributed by atoms with van der Waals surface area (Å²) in [6, 6.07) is 0. The zero-order valence-corrected chi connectivity index (χ0v) is 13.9. The van der Waals surface area contributed by atoms with Crippen LogP contribution in [0.3, 0.4) is 0 Å². The Morgan fingerprint density at radius 2 is 1.41 bits per heavy atom. The molecular weight excluding hydrogens is 280 g/mol. The zero-order valence-electron chi connectivity index (χ0n) is 13.9. The molecule has 1 aliphatic heterocycles. The Hall–Kier alpha value is -1.32. The maximum atomic E-state index is 11.4. The maximum Gasteiger partial charge on any atom is 0.345 e. The molecule has 1 fully saturated rings. The van der Waals surface area contributed by atoms with Crippen molar-refractivity contribution >= 4 is 11.8 Å². The fourth-order valence-corrected chi connectivity index (χ4v) is 2.75.